The number of hydrogen-bond acceptors (Lipinski definition) is 4. The first-order valence-electron chi connectivity index (χ1n) is 6.74. The fourth-order valence-corrected chi connectivity index (χ4v) is 2.80. The van der Waals surface area contributed by atoms with Crippen molar-refractivity contribution in [3.05, 3.63) is 28.5 Å². The Bertz CT molecular complexity index is 385. The average Bonchev–Trinajstić information content (AvgIpc) is 2.43. The number of hydrogen-bond donors (Lipinski definition) is 1. The molecule has 1 aromatic rings. The molecule has 1 aliphatic rings. The predicted octanol–water partition coefficient (Wildman–Crippen LogP) is 2.30. The van der Waals surface area contributed by atoms with Crippen LogP contribution in [0.4, 0.5) is 0 Å². The summed E-state index contributed by atoms with van der Waals surface area (Å²) in [6.45, 7) is 4.15. The summed E-state index contributed by atoms with van der Waals surface area (Å²) in [5.74, 6) is 0. The summed E-state index contributed by atoms with van der Waals surface area (Å²) in [5, 5.41) is 0. The van der Waals surface area contributed by atoms with Gasteiger partial charge in [0.2, 0.25) is 0 Å². The first kappa shape index (κ1) is 14.9. The van der Waals surface area contributed by atoms with Gasteiger partial charge in [-0.05, 0) is 35.0 Å². The summed E-state index contributed by atoms with van der Waals surface area (Å²) in [7, 11) is 0. The number of pyridine rings is 1. The molecule has 2 N–H and O–H groups in total. The lowest BCUT2D eigenvalue weighted by Gasteiger charge is -2.41. The minimum atomic E-state index is -0.262. The Labute approximate surface area is 122 Å². The summed E-state index contributed by atoms with van der Waals surface area (Å²) in [5.41, 5.74) is 7.15. The molecule has 1 unspecified atom stereocenters. The molecule has 0 saturated carbocycles. The molecule has 1 atom stereocenters. The smallest absolute Gasteiger partial charge is 0.0880 e. The van der Waals surface area contributed by atoms with E-state index in [1.165, 1.54) is 0 Å². The lowest BCUT2D eigenvalue weighted by Crippen LogP contribution is -2.54. The third-order valence-corrected chi connectivity index (χ3v) is 4.13. The van der Waals surface area contributed by atoms with Gasteiger partial charge in [-0.25, -0.2) is 0 Å². The predicted molar refractivity (Wildman–Crippen MR) is 78.0 cm³/mol. The molecule has 5 heteroatoms. The third-order valence-electron chi connectivity index (χ3n) is 3.66. The first-order chi connectivity index (χ1) is 9.16. The fourth-order valence-electron chi connectivity index (χ4n) is 2.57. The van der Waals surface area contributed by atoms with Crippen molar-refractivity contribution >= 4 is 15.9 Å². The van der Waals surface area contributed by atoms with Crippen LogP contribution in [0.5, 0.6) is 0 Å². The topological polar surface area (TPSA) is 57.4 Å². The van der Waals surface area contributed by atoms with E-state index in [9.17, 15) is 0 Å². The van der Waals surface area contributed by atoms with Crippen LogP contribution in [-0.2, 0) is 15.9 Å². The quantitative estimate of drug-likeness (QED) is 0.901. The summed E-state index contributed by atoms with van der Waals surface area (Å²) in [6, 6.07) is 3.94. The van der Waals surface area contributed by atoms with Crippen molar-refractivity contribution in [3.8, 4) is 0 Å². The lowest BCUT2D eigenvalue weighted by atomic mass is 9.84. The maximum Gasteiger partial charge on any atom is 0.0880 e. The Morgan fingerprint density at radius 3 is 2.79 bits per heavy atom. The Hall–Kier alpha value is -0.490. The van der Waals surface area contributed by atoms with Crippen molar-refractivity contribution in [1.29, 1.82) is 0 Å². The van der Waals surface area contributed by atoms with E-state index < -0.39 is 0 Å². The molecule has 106 valence electrons. The van der Waals surface area contributed by atoms with Gasteiger partial charge in [-0.15, -0.1) is 0 Å². The number of aromatic nitrogens is 1. The zero-order chi connectivity index (χ0) is 13.7. The molecule has 0 aliphatic carbocycles. The highest BCUT2D eigenvalue weighted by Gasteiger charge is 2.39. The minimum absolute atomic E-state index is 0.0509. The van der Waals surface area contributed by atoms with Gasteiger partial charge in [0.05, 0.1) is 5.60 Å². The van der Waals surface area contributed by atoms with E-state index in [0.717, 1.165) is 42.6 Å². The van der Waals surface area contributed by atoms with E-state index in [4.69, 9.17) is 15.2 Å². The highest BCUT2D eigenvalue weighted by molar-refractivity contribution is 9.10. The highest BCUT2D eigenvalue weighted by atomic mass is 79.9. The van der Waals surface area contributed by atoms with E-state index in [0.29, 0.717) is 6.61 Å². The molecule has 1 saturated heterocycles. The van der Waals surface area contributed by atoms with Crippen LogP contribution in [0.1, 0.15) is 25.5 Å². The van der Waals surface area contributed by atoms with Crippen LogP contribution in [0, 0.1) is 0 Å². The maximum absolute atomic E-state index is 6.41. The third kappa shape index (κ3) is 3.75. The summed E-state index contributed by atoms with van der Waals surface area (Å²) in [6.07, 6.45) is 4.25. The van der Waals surface area contributed by atoms with E-state index in [-0.39, 0.29) is 11.6 Å². The number of ether oxygens (including phenoxy) is 2. The second kappa shape index (κ2) is 6.79. The van der Waals surface area contributed by atoms with Crippen LogP contribution in [0.3, 0.4) is 0 Å². The van der Waals surface area contributed by atoms with Gasteiger partial charge in [0, 0.05) is 61.5 Å². The molecule has 4 nitrogen and oxygen atoms in total. The van der Waals surface area contributed by atoms with Gasteiger partial charge in [-0.1, -0.05) is 0 Å². The van der Waals surface area contributed by atoms with Crippen molar-refractivity contribution in [2.24, 2.45) is 5.73 Å². The van der Waals surface area contributed by atoms with Gasteiger partial charge in [0.15, 0.2) is 0 Å². The van der Waals surface area contributed by atoms with Gasteiger partial charge in [-0.3, -0.25) is 4.98 Å². The normalized spacial score (nSPS) is 20.2. The zero-order valence-electron chi connectivity index (χ0n) is 11.3. The monoisotopic (exact) mass is 328 g/mol. The van der Waals surface area contributed by atoms with Gasteiger partial charge in [0.1, 0.15) is 0 Å². The summed E-state index contributed by atoms with van der Waals surface area (Å²) in [4.78, 5) is 4.39. The molecule has 2 heterocycles. The van der Waals surface area contributed by atoms with E-state index in [1.54, 1.807) is 6.20 Å². The SMILES string of the molecule is CCOC1(C(N)Cc2ccc(Br)cn2)CCOCC1. The van der Waals surface area contributed by atoms with Gasteiger partial charge in [-0.2, -0.15) is 0 Å². The Kier molecular flexibility index (Phi) is 5.33. The zero-order valence-corrected chi connectivity index (χ0v) is 12.9. The Balaban J connectivity index is 2.06. The molecule has 1 fully saturated rings. The molecule has 2 rings (SSSR count). The largest absolute Gasteiger partial charge is 0.381 e. The molecule has 19 heavy (non-hydrogen) atoms. The fraction of sp³-hybridized carbons (Fsp3) is 0.643. The summed E-state index contributed by atoms with van der Waals surface area (Å²) >= 11 is 3.39. The molecular weight excluding hydrogens is 308 g/mol. The van der Waals surface area contributed by atoms with E-state index in [2.05, 4.69) is 20.9 Å². The van der Waals surface area contributed by atoms with Crippen molar-refractivity contribution in [2.45, 2.75) is 37.8 Å². The molecule has 0 bridgehead atoms. The molecule has 1 aromatic heterocycles. The molecule has 0 spiro atoms. The molecule has 0 amide bonds. The second-order valence-corrected chi connectivity index (χ2v) is 5.80. The van der Waals surface area contributed by atoms with Gasteiger partial charge in [0.25, 0.3) is 0 Å². The first-order valence-corrected chi connectivity index (χ1v) is 7.53. The lowest BCUT2D eigenvalue weighted by molar-refractivity contribution is -0.120. The van der Waals surface area contributed by atoms with Crippen molar-refractivity contribution in [3.63, 3.8) is 0 Å². The number of nitrogens with two attached hydrogens (primary N) is 1. The average molecular weight is 329 g/mol. The van der Waals surface area contributed by atoms with Gasteiger partial charge < -0.3 is 15.2 Å². The standard InChI is InChI=1S/C14H21BrN2O2/c1-2-19-14(5-7-18-8-6-14)13(16)9-12-4-3-11(15)10-17-12/h3-4,10,13H,2,5-9,16H2,1H3. The second-order valence-electron chi connectivity index (χ2n) is 4.89. The van der Waals surface area contributed by atoms with Crippen LogP contribution in [0.25, 0.3) is 0 Å². The highest BCUT2D eigenvalue weighted by Crippen LogP contribution is 2.29. The molecule has 0 radical (unpaired) electrons. The molecule has 1 aliphatic heterocycles. The summed E-state index contributed by atoms with van der Waals surface area (Å²) < 4.78 is 12.4. The Morgan fingerprint density at radius 2 is 2.21 bits per heavy atom. The van der Waals surface area contributed by atoms with Crippen molar-refractivity contribution < 1.29 is 9.47 Å². The van der Waals surface area contributed by atoms with Gasteiger partial charge >= 0.3 is 0 Å². The van der Waals surface area contributed by atoms with E-state index >= 15 is 0 Å². The number of nitrogens with zero attached hydrogens (tertiary/aromatic N) is 1. The maximum atomic E-state index is 6.41. The number of halogens is 1. The van der Waals surface area contributed by atoms with Crippen LogP contribution in [-0.4, -0.2) is 36.4 Å². The van der Waals surface area contributed by atoms with Crippen LogP contribution < -0.4 is 5.73 Å². The van der Waals surface area contributed by atoms with Crippen molar-refractivity contribution in [1.82, 2.24) is 4.98 Å². The molecular formula is C14H21BrN2O2. The number of rotatable bonds is 5. The Morgan fingerprint density at radius 1 is 1.47 bits per heavy atom. The van der Waals surface area contributed by atoms with Crippen LogP contribution in [0.15, 0.2) is 22.8 Å². The van der Waals surface area contributed by atoms with Crippen molar-refractivity contribution in [2.75, 3.05) is 19.8 Å². The van der Waals surface area contributed by atoms with Crippen LogP contribution in [0.2, 0.25) is 0 Å². The van der Waals surface area contributed by atoms with Crippen LogP contribution >= 0.6 is 15.9 Å². The minimum Gasteiger partial charge on any atom is -0.381 e. The van der Waals surface area contributed by atoms with E-state index in [1.807, 2.05) is 19.1 Å². The molecule has 0 aromatic carbocycles.